The third-order valence-corrected chi connectivity index (χ3v) is 3.94. The average Bonchev–Trinajstić information content (AvgIpc) is 2.93. The number of nitrogens with two attached hydrogens (primary N) is 1. The second-order valence-corrected chi connectivity index (χ2v) is 5.58. The first-order valence-corrected chi connectivity index (χ1v) is 7.51. The topological polar surface area (TPSA) is 59.2 Å². The van der Waals surface area contributed by atoms with Crippen molar-refractivity contribution in [2.45, 2.75) is 26.9 Å². The molecule has 20 heavy (non-hydrogen) atoms. The number of hydrogen-bond donors (Lipinski definition) is 1. The van der Waals surface area contributed by atoms with Crippen LogP contribution in [0.25, 0.3) is 0 Å². The Bertz CT molecular complexity index is 594. The van der Waals surface area contributed by atoms with Crippen LogP contribution in [0, 0.1) is 6.92 Å². The van der Waals surface area contributed by atoms with Crippen molar-refractivity contribution in [2.75, 3.05) is 6.54 Å². The van der Waals surface area contributed by atoms with Crippen LogP contribution in [-0.4, -0.2) is 22.3 Å². The number of carbonyl (C=O) groups excluding carboxylic acids is 1. The molecule has 1 heterocycles. The Morgan fingerprint density at radius 2 is 2.25 bits per heavy atom. The predicted molar refractivity (Wildman–Crippen MR) is 81.6 cm³/mol. The van der Waals surface area contributed by atoms with Crippen LogP contribution >= 0.6 is 11.3 Å². The lowest BCUT2D eigenvalue weighted by molar-refractivity contribution is 0.0747. The Hall–Kier alpha value is -1.72. The molecule has 0 atom stereocenters. The first-order chi connectivity index (χ1) is 9.63. The van der Waals surface area contributed by atoms with Crippen molar-refractivity contribution in [3.8, 4) is 0 Å². The van der Waals surface area contributed by atoms with E-state index in [4.69, 9.17) is 5.73 Å². The number of amides is 1. The fourth-order valence-corrected chi connectivity index (χ4v) is 2.67. The SMILES string of the molecule is CCN(Cc1cccc(C)c1)C(=O)c1csc(CN)n1. The van der Waals surface area contributed by atoms with Crippen molar-refractivity contribution in [1.29, 1.82) is 0 Å². The van der Waals surface area contributed by atoms with Crippen molar-refractivity contribution in [1.82, 2.24) is 9.88 Å². The number of nitrogens with zero attached hydrogens (tertiary/aromatic N) is 2. The van der Waals surface area contributed by atoms with Crippen LogP contribution in [0.5, 0.6) is 0 Å². The Morgan fingerprint density at radius 3 is 2.85 bits per heavy atom. The quantitative estimate of drug-likeness (QED) is 0.920. The highest BCUT2D eigenvalue weighted by Crippen LogP contribution is 2.14. The third kappa shape index (κ3) is 3.43. The zero-order valence-corrected chi connectivity index (χ0v) is 12.6. The standard InChI is InChI=1S/C15H19N3OS/c1-3-18(9-12-6-4-5-11(2)7-12)15(19)13-10-20-14(8-16)17-13/h4-7,10H,3,8-9,16H2,1-2H3. The molecule has 0 unspecified atom stereocenters. The molecule has 5 heteroatoms. The number of aromatic nitrogens is 1. The van der Waals surface area contributed by atoms with Gasteiger partial charge in [-0.05, 0) is 19.4 Å². The summed E-state index contributed by atoms with van der Waals surface area (Å²) in [6.45, 7) is 5.66. The van der Waals surface area contributed by atoms with E-state index in [2.05, 4.69) is 24.0 Å². The van der Waals surface area contributed by atoms with Gasteiger partial charge >= 0.3 is 0 Å². The largest absolute Gasteiger partial charge is 0.333 e. The molecular formula is C15H19N3OS. The van der Waals surface area contributed by atoms with E-state index in [1.165, 1.54) is 16.9 Å². The minimum Gasteiger partial charge on any atom is -0.333 e. The Labute approximate surface area is 123 Å². The lowest BCUT2D eigenvalue weighted by Crippen LogP contribution is -2.30. The molecule has 0 radical (unpaired) electrons. The maximum Gasteiger partial charge on any atom is 0.273 e. The van der Waals surface area contributed by atoms with E-state index in [1.54, 1.807) is 10.3 Å². The maximum atomic E-state index is 12.4. The number of rotatable bonds is 5. The fourth-order valence-electron chi connectivity index (χ4n) is 2.02. The van der Waals surface area contributed by atoms with Gasteiger partial charge in [0.1, 0.15) is 10.7 Å². The van der Waals surface area contributed by atoms with Gasteiger partial charge in [0.2, 0.25) is 0 Å². The van der Waals surface area contributed by atoms with E-state index in [0.29, 0.717) is 25.3 Å². The number of hydrogen-bond acceptors (Lipinski definition) is 4. The molecule has 4 nitrogen and oxygen atoms in total. The Kier molecular flexibility index (Phi) is 4.87. The first-order valence-electron chi connectivity index (χ1n) is 6.63. The van der Waals surface area contributed by atoms with Crippen LogP contribution in [0.2, 0.25) is 0 Å². The Balaban J connectivity index is 2.13. The molecule has 1 aromatic heterocycles. The van der Waals surface area contributed by atoms with Crippen LogP contribution in [0.1, 0.15) is 33.5 Å². The van der Waals surface area contributed by atoms with Gasteiger partial charge in [0.15, 0.2) is 0 Å². The summed E-state index contributed by atoms with van der Waals surface area (Å²) in [4.78, 5) is 18.5. The molecule has 2 rings (SSSR count). The molecular weight excluding hydrogens is 270 g/mol. The van der Waals surface area contributed by atoms with Crippen LogP contribution in [-0.2, 0) is 13.1 Å². The summed E-state index contributed by atoms with van der Waals surface area (Å²) >= 11 is 1.43. The van der Waals surface area contributed by atoms with Crippen molar-refractivity contribution in [3.63, 3.8) is 0 Å². The number of benzene rings is 1. The normalized spacial score (nSPS) is 10.6. The molecule has 0 spiro atoms. The highest BCUT2D eigenvalue weighted by Gasteiger charge is 2.17. The molecule has 0 saturated carbocycles. The number of carbonyl (C=O) groups is 1. The Morgan fingerprint density at radius 1 is 1.45 bits per heavy atom. The van der Waals surface area contributed by atoms with Gasteiger partial charge in [-0.3, -0.25) is 4.79 Å². The number of thiazole rings is 1. The van der Waals surface area contributed by atoms with Crippen LogP contribution in [0.15, 0.2) is 29.6 Å². The summed E-state index contributed by atoms with van der Waals surface area (Å²) in [7, 11) is 0. The van der Waals surface area contributed by atoms with Crippen molar-refractivity contribution in [2.24, 2.45) is 5.73 Å². The fraction of sp³-hybridized carbons (Fsp3) is 0.333. The molecule has 0 aliphatic carbocycles. The van der Waals surface area contributed by atoms with Crippen LogP contribution in [0.3, 0.4) is 0 Å². The summed E-state index contributed by atoms with van der Waals surface area (Å²) in [6.07, 6.45) is 0. The van der Waals surface area contributed by atoms with E-state index in [9.17, 15) is 4.79 Å². The summed E-state index contributed by atoms with van der Waals surface area (Å²) in [5.41, 5.74) is 8.36. The zero-order valence-electron chi connectivity index (χ0n) is 11.8. The molecule has 2 N–H and O–H groups in total. The van der Waals surface area contributed by atoms with E-state index in [1.807, 2.05) is 19.1 Å². The van der Waals surface area contributed by atoms with E-state index >= 15 is 0 Å². The summed E-state index contributed by atoms with van der Waals surface area (Å²) in [6, 6.07) is 8.20. The van der Waals surface area contributed by atoms with Gasteiger partial charge in [0.25, 0.3) is 5.91 Å². The van der Waals surface area contributed by atoms with Crippen molar-refractivity contribution < 1.29 is 4.79 Å². The van der Waals surface area contributed by atoms with Gasteiger partial charge in [0, 0.05) is 25.0 Å². The van der Waals surface area contributed by atoms with Gasteiger partial charge in [-0.2, -0.15) is 0 Å². The minimum atomic E-state index is -0.0371. The monoisotopic (exact) mass is 289 g/mol. The van der Waals surface area contributed by atoms with E-state index in [-0.39, 0.29) is 5.91 Å². The molecule has 2 aromatic rings. The zero-order chi connectivity index (χ0) is 14.5. The highest BCUT2D eigenvalue weighted by molar-refractivity contribution is 7.09. The summed E-state index contributed by atoms with van der Waals surface area (Å²) in [5.74, 6) is -0.0371. The van der Waals surface area contributed by atoms with Gasteiger partial charge in [0.05, 0.1) is 0 Å². The summed E-state index contributed by atoms with van der Waals surface area (Å²) in [5, 5.41) is 2.57. The van der Waals surface area contributed by atoms with E-state index in [0.717, 1.165) is 10.6 Å². The van der Waals surface area contributed by atoms with Gasteiger partial charge in [-0.1, -0.05) is 29.8 Å². The summed E-state index contributed by atoms with van der Waals surface area (Å²) < 4.78 is 0. The lowest BCUT2D eigenvalue weighted by Gasteiger charge is -2.20. The second-order valence-electron chi connectivity index (χ2n) is 4.64. The molecule has 106 valence electrons. The molecule has 0 bridgehead atoms. The minimum absolute atomic E-state index is 0.0371. The molecule has 0 aliphatic heterocycles. The van der Waals surface area contributed by atoms with Gasteiger partial charge in [-0.25, -0.2) is 4.98 Å². The lowest BCUT2D eigenvalue weighted by atomic mass is 10.1. The molecule has 0 saturated heterocycles. The van der Waals surface area contributed by atoms with Crippen LogP contribution < -0.4 is 5.73 Å². The first kappa shape index (κ1) is 14.7. The van der Waals surface area contributed by atoms with Gasteiger partial charge in [-0.15, -0.1) is 11.3 Å². The number of aryl methyl sites for hydroxylation is 1. The van der Waals surface area contributed by atoms with Crippen molar-refractivity contribution in [3.05, 3.63) is 51.5 Å². The smallest absolute Gasteiger partial charge is 0.273 e. The van der Waals surface area contributed by atoms with E-state index < -0.39 is 0 Å². The van der Waals surface area contributed by atoms with Crippen molar-refractivity contribution >= 4 is 17.2 Å². The maximum absolute atomic E-state index is 12.4. The molecule has 1 amide bonds. The molecule has 0 fully saturated rings. The third-order valence-electron chi connectivity index (χ3n) is 3.07. The predicted octanol–water partition coefficient (Wildman–Crippen LogP) is 2.57. The van der Waals surface area contributed by atoms with Crippen LogP contribution in [0.4, 0.5) is 0 Å². The van der Waals surface area contributed by atoms with Gasteiger partial charge < -0.3 is 10.6 Å². The highest BCUT2D eigenvalue weighted by atomic mass is 32.1. The second kappa shape index (κ2) is 6.63. The molecule has 0 aliphatic rings. The molecule has 1 aromatic carbocycles. The average molecular weight is 289 g/mol.